The van der Waals surface area contributed by atoms with Crippen LogP contribution in [0.2, 0.25) is 0 Å². The molecule has 12 heavy (non-hydrogen) atoms. The van der Waals surface area contributed by atoms with E-state index in [1.807, 2.05) is 0 Å². The van der Waals surface area contributed by atoms with Crippen LogP contribution in [0.4, 0.5) is 15.8 Å². The number of anilines is 1. The fourth-order valence-electron chi connectivity index (χ4n) is 0.883. The van der Waals surface area contributed by atoms with Crippen molar-refractivity contribution < 1.29 is 9.31 Å². The number of hydrogen-bond donors (Lipinski definition) is 1. The lowest BCUT2D eigenvalue weighted by Gasteiger charge is -1.99. The molecular weight excluding hydrogens is 163 g/mol. The van der Waals surface area contributed by atoms with Crippen molar-refractivity contribution in [1.82, 2.24) is 0 Å². The monoisotopic (exact) mass is 170 g/mol. The molecule has 0 bridgehead atoms. The van der Waals surface area contributed by atoms with Gasteiger partial charge in [0.2, 0.25) is 0 Å². The molecule has 0 amide bonds. The first-order valence-corrected chi connectivity index (χ1v) is 3.22. The van der Waals surface area contributed by atoms with E-state index in [9.17, 15) is 14.5 Å². The normalized spacial score (nSPS) is 9.83. The predicted molar refractivity (Wildman–Crippen MR) is 42.2 cm³/mol. The summed E-state index contributed by atoms with van der Waals surface area (Å²) in [5.41, 5.74) is 4.98. The van der Waals surface area contributed by atoms with Crippen LogP contribution in [-0.4, -0.2) is 4.92 Å². The van der Waals surface area contributed by atoms with Crippen LogP contribution in [-0.2, 0) is 0 Å². The maximum Gasteiger partial charge on any atom is 0.271 e. The molecule has 2 N–H and O–H groups in total. The van der Waals surface area contributed by atoms with Gasteiger partial charge in [-0.3, -0.25) is 10.1 Å². The summed E-state index contributed by atoms with van der Waals surface area (Å²) < 4.78 is 12.8. The SMILES string of the molecule is Cc1cc([N+](=O)[O-])cc(N)c1F. The van der Waals surface area contributed by atoms with Gasteiger partial charge in [0.1, 0.15) is 5.82 Å². The molecule has 1 aromatic carbocycles. The number of nitrogens with two attached hydrogens (primary N) is 1. The Hall–Kier alpha value is -1.65. The molecule has 0 aliphatic carbocycles. The van der Waals surface area contributed by atoms with Gasteiger partial charge < -0.3 is 5.73 Å². The number of nitrogen functional groups attached to an aromatic ring is 1. The lowest BCUT2D eigenvalue weighted by Crippen LogP contribution is -1.96. The van der Waals surface area contributed by atoms with Gasteiger partial charge in [-0.15, -0.1) is 0 Å². The third-order valence-corrected chi connectivity index (χ3v) is 1.48. The second kappa shape index (κ2) is 2.77. The van der Waals surface area contributed by atoms with Gasteiger partial charge in [0, 0.05) is 12.1 Å². The van der Waals surface area contributed by atoms with E-state index in [1.54, 1.807) is 0 Å². The number of nitrogens with zero attached hydrogens (tertiary/aromatic N) is 1. The van der Waals surface area contributed by atoms with E-state index in [1.165, 1.54) is 6.92 Å². The highest BCUT2D eigenvalue weighted by atomic mass is 19.1. The van der Waals surface area contributed by atoms with Crippen LogP contribution in [0.3, 0.4) is 0 Å². The van der Waals surface area contributed by atoms with Gasteiger partial charge in [-0.05, 0) is 12.5 Å². The smallest absolute Gasteiger partial charge is 0.271 e. The molecule has 1 rings (SSSR count). The second-order valence-electron chi connectivity index (χ2n) is 2.42. The number of non-ortho nitro benzene ring substituents is 1. The lowest BCUT2D eigenvalue weighted by atomic mass is 10.2. The minimum absolute atomic E-state index is 0.182. The minimum atomic E-state index is -0.608. The van der Waals surface area contributed by atoms with E-state index in [0.29, 0.717) is 0 Å². The molecule has 0 heterocycles. The quantitative estimate of drug-likeness (QED) is 0.395. The number of nitro benzene ring substituents is 1. The highest BCUT2D eigenvalue weighted by molar-refractivity contribution is 5.51. The van der Waals surface area contributed by atoms with Crippen molar-refractivity contribution in [2.45, 2.75) is 6.92 Å². The average molecular weight is 170 g/mol. The second-order valence-corrected chi connectivity index (χ2v) is 2.42. The van der Waals surface area contributed by atoms with Gasteiger partial charge in [0.05, 0.1) is 10.6 Å². The van der Waals surface area contributed by atoms with Crippen molar-refractivity contribution >= 4 is 11.4 Å². The maximum absolute atomic E-state index is 12.8. The van der Waals surface area contributed by atoms with Gasteiger partial charge in [-0.2, -0.15) is 0 Å². The Kier molecular flexibility index (Phi) is 1.95. The molecule has 64 valence electrons. The third-order valence-electron chi connectivity index (χ3n) is 1.48. The number of aryl methyl sites for hydroxylation is 1. The van der Waals surface area contributed by atoms with E-state index in [4.69, 9.17) is 5.73 Å². The molecule has 0 radical (unpaired) electrons. The van der Waals surface area contributed by atoms with Gasteiger partial charge in [0.15, 0.2) is 0 Å². The summed E-state index contributed by atoms with van der Waals surface area (Å²) in [5.74, 6) is -0.597. The molecule has 0 aromatic heterocycles. The van der Waals surface area contributed by atoms with Crippen LogP contribution in [0.25, 0.3) is 0 Å². The average Bonchev–Trinajstić information content (AvgIpc) is 1.99. The van der Waals surface area contributed by atoms with Gasteiger partial charge in [-0.1, -0.05) is 0 Å². The number of halogens is 1. The van der Waals surface area contributed by atoms with Crippen LogP contribution < -0.4 is 5.73 Å². The Bertz CT molecular complexity index is 315. The summed E-state index contributed by atoms with van der Waals surface area (Å²) in [7, 11) is 0. The standard InChI is InChI=1S/C7H7FN2O2/c1-4-2-5(10(11)12)3-6(9)7(4)8/h2-3H,9H2,1H3. The summed E-state index contributed by atoms with van der Waals surface area (Å²) in [6, 6.07) is 2.15. The number of hydrogen-bond acceptors (Lipinski definition) is 3. The van der Waals surface area contributed by atoms with E-state index >= 15 is 0 Å². The Morgan fingerprint density at radius 1 is 1.58 bits per heavy atom. The van der Waals surface area contributed by atoms with Gasteiger partial charge >= 0.3 is 0 Å². The Morgan fingerprint density at radius 3 is 2.58 bits per heavy atom. The van der Waals surface area contributed by atoms with Crippen LogP contribution in [0.5, 0.6) is 0 Å². The topological polar surface area (TPSA) is 69.2 Å². The molecule has 4 nitrogen and oxygen atoms in total. The van der Waals surface area contributed by atoms with Crippen LogP contribution in [0.15, 0.2) is 12.1 Å². The summed E-state index contributed by atoms with van der Waals surface area (Å²) in [4.78, 5) is 9.64. The lowest BCUT2D eigenvalue weighted by molar-refractivity contribution is -0.384. The fraction of sp³-hybridized carbons (Fsp3) is 0.143. The van der Waals surface area contributed by atoms with Crippen molar-refractivity contribution in [1.29, 1.82) is 0 Å². The van der Waals surface area contributed by atoms with Gasteiger partial charge in [-0.25, -0.2) is 4.39 Å². The van der Waals surface area contributed by atoms with Crippen molar-refractivity contribution in [3.63, 3.8) is 0 Å². The highest BCUT2D eigenvalue weighted by Crippen LogP contribution is 2.21. The number of rotatable bonds is 1. The van der Waals surface area contributed by atoms with E-state index < -0.39 is 10.7 Å². The molecule has 0 aliphatic heterocycles. The molecule has 0 saturated heterocycles. The Labute approximate surface area is 68.0 Å². The van der Waals surface area contributed by atoms with Crippen molar-refractivity contribution in [3.8, 4) is 0 Å². The molecule has 0 aliphatic rings. The van der Waals surface area contributed by atoms with Crippen LogP contribution >= 0.6 is 0 Å². The molecule has 0 atom stereocenters. The first-order chi connectivity index (χ1) is 5.52. The van der Waals surface area contributed by atoms with E-state index in [0.717, 1.165) is 12.1 Å². The van der Waals surface area contributed by atoms with Crippen molar-refractivity contribution in [3.05, 3.63) is 33.6 Å². The molecule has 5 heteroatoms. The van der Waals surface area contributed by atoms with Crippen molar-refractivity contribution in [2.75, 3.05) is 5.73 Å². The summed E-state index contributed by atoms with van der Waals surface area (Å²) in [5, 5.41) is 10.2. The summed E-state index contributed by atoms with van der Waals surface area (Å²) >= 11 is 0. The van der Waals surface area contributed by atoms with Crippen molar-refractivity contribution in [2.24, 2.45) is 0 Å². The third kappa shape index (κ3) is 1.34. The molecule has 0 fully saturated rings. The summed E-state index contributed by atoms with van der Waals surface area (Å²) in [6.45, 7) is 1.43. The Balaban J connectivity index is 3.31. The first kappa shape index (κ1) is 8.45. The maximum atomic E-state index is 12.8. The zero-order valence-electron chi connectivity index (χ0n) is 6.37. The van der Waals surface area contributed by atoms with E-state index in [2.05, 4.69) is 0 Å². The molecular formula is C7H7FN2O2. The van der Waals surface area contributed by atoms with Gasteiger partial charge in [0.25, 0.3) is 5.69 Å². The predicted octanol–water partition coefficient (Wildman–Crippen LogP) is 1.62. The summed E-state index contributed by atoms with van der Waals surface area (Å²) in [6.07, 6.45) is 0. The first-order valence-electron chi connectivity index (χ1n) is 3.22. The number of benzene rings is 1. The van der Waals surface area contributed by atoms with Crippen LogP contribution in [0, 0.1) is 22.9 Å². The highest BCUT2D eigenvalue weighted by Gasteiger charge is 2.11. The molecule has 1 aromatic rings. The largest absolute Gasteiger partial charge is 0.396 e. The molecule has 0 spiro atoms. The zero-order valence-corrected chi connectivity index (χ0v) is 6.37. The Morgan fingerprint density at radius 2 is 2.17 bits per heavy atom. The van der Waals surface area contributed by atoms with E-state index in [-0.39, 0.29) is 16.9 Å². The molecule has 0 unspecified atom stereocenters. The zero-order chi connectivity index (χ0) is 9.30. The molecule has 0 saturated carbocycles. The fourth-order valence-corrected chi connectivity index (χ4v) is 0.883. The number of nitro groups is 1. The minimum Gasteiger partial charge on any atom is -0.396 e. The van der Waals surface area contributed by atoms with Crippen LogP contribution in [0.1, 0.15) is 5.56 Å².